The van der Waals surface area contributed by atoms with Gasteiger partial charge >= 0.3 is 12.2 Å². The minimum Gasteiger partial charge on any atom is -0.453 e. The Balaban J connectivity index is 1.73. The first kappa shape index (κ1) is 17.5. The molecule has 0 saturated carbocycles. The topological polar surface area (TPSA) is 107 Å². The van der Waals surface area contributed by atoms with Crippen LogP contribution in [0.4, 0.5) is 25.5 Å². The van der Waals surface area contributed by atoms with Crippen LogP contribution in [0, 0.1) is 5.82 Å². The maximum atomic E-state index is 14.5. The minimum absolute atomic E-state index is 0.104. The molecule has 2 heterocycles. The maximum Gasteiger partial charge on any atom is 0.414 e. The Kier molecular flexibility index (Phi) is 4.87. The summed E-state index contributed by atoms with van der Waals surface area (Å²) in [5.74, 6) is -0.157. The average Bonchev–Trinajstić information content (AvgIpc) is 3.01. The molecule has 1 atom stereocenters. The van der Waals surface area contributed by atoms with Crippen molar-refractivity contribution in [2.24, 2.45) is 0 Å². The van der Waals surface area contributed by atoms with Crippen molar-refractivity contribution in [1.29, 1.82) is 0 Å². The van der Waals surface area contributed by atoms with Crippen LogP contribution >= 0.6 is 0 Å². The van der Waals surface area contributed by atoms with E-state index in [9.17, 15) is 14.0 Å². The molecule has 1 aromatic carbocycles. The number of nitrogens with zero attached hydrogens (tertiary/aromatic N) is 2. The molecule has 26 heavy (non-hydrogen) atoms. The zero-order valence-corrected chi connectivity index (χ0v) is 13.9. The Labute approximate surface area is 148 Å². The number of hydrogen-bond acceptors (Lipinski definition) is 6. The molecule has 2 aromatic rings. The Morgan fingerprint density at radius 1 is 1.46 bits per heavy atom. The van der Waals surface area contributed by atoms with Gasteiger partial charge in [0, 0.05) is 17.3 Å². The number of hydrogen-bond donors (Lipinski definition) is 2. The largest absolute Gasteiger partial charge is 0.453 e. The van der Waals surface area contributed by atoms with Gasteiger partial charge in [0.2, 0.25) is 0 Å². The van der Waals surface area contributed by atoms with Gasteiger partial charge in [0.25, 0.3) is 0 Å². The predicted molar refractivity (Wildman–Crippen MR) is 92.1 cm³/mol. The number of nitrogens with two attached hydrogens (primary N) is 1. The van der Waals surface area contributed by atoms with E-state index in [0.717, 1.165) is 0 Å². The fraction of sp³-hybridized carbons (Fsp3) is 0.235. The van der Waals surface area contributed by atoms with E-state index in [1.54, 1.807) is 24.3 Å². The highest BCUT2D eigenvalue weighted by Crippen LogP contribution is 2.29. The summed E-state index contributed by atoms with van der Waals surface area (Å²) >= 11 is 0. The van der Waals surface area contributed by atoms with Crippen molar-refractivity contribution >= 4 is 23.7 Å². The van der Waals surface area contributed by atoms with Crippen LogP contribution in [-0.2, 0) is 9.47 Å². The first-order valence-electron chi connectivity index (χ1n) is 7.79. The molecule has 0 spiro atoms. The summed E-state index contributed by atoms with van der Waals surface area (Å²) in [5, 5.41) is 2.46. The SMILES string of the molecule is COC(=O)NC[C@H]1CN(c2ccc(-c3ccc(N)nc3)c(F)c2)C(=O)O1. The molecule has 136 valence electrons. The number of amides is 2. The van der Waals surface area contributed by atoms with Crippen LogP contribution in [0.2, 0.25) is 0 Å². The van der Waals surface area contributed by atoms with Crippen molar-refractivity contribution in [3.63, 3.8) is 0 Å². The lowest BCUT2D eigenvalue weighted by molar-refractivity contribution is 0.132. The second-order valence-corrected chi connectivity index (χ2v) is 5.62. The highest BCUT2D eigenvalue weighted by molar-refractivity contribution is 5.90. The van der Waals surface area contributed by atoms with E-state index >= 15 is 0 Å². The van der Waals surface area contributed by atoms with E-state index in [1.165, 1.54) is 24.3 Å². The Hall–Kier alpha value is -3.36. The van der Waals surface area contributed by atoms with Gasteiger partial charge in [-0.05, 0) is 30.3 Å². The third-order valence-corrected chi connectivity index (χ3v) is 3.90. The summed E-state index contributed by atoms with van der Waals surface area (Å²) in [6.07, 6.45) is -0.299. The Morgan fingerprint density at radius 2 is 2.27 bits per heavy atom. The normalized spacial score (nSPS) is 16.3. The first-order valence-corrected chi connectivity index (χ1v) is 7.79. The molecule has 0 unspecified atom stereocenters. The van der Waals surface area contributed by atoms with Crippen LogP contribution in [0.1, 0.15) is 0 Å². The number of nitrogen functional groups attached to an aromatic ring is 1. The molecule has 2 amide bonds. The molecule has 1 aliphatic rings. The van der Waals surface area contributed by atoms with E-state index in [-0.39, 0.29) is 13.1 Å². The smallest absolute Gasteiger partial charge is 0.414 e. The number of methoxy groups -OCH3 is 1. The molecule has 0 radical (unpaired) electrons. The van der Waals surface area contributed by atoms with Crippen LogP contribution in [0.5, 0.6) is 0 Å². The molecule has 3 N–H and O–H groups in total. The lowest BCUT2D eigenvalue weighted by Gasteiger charge is -2.14. The summed E-state index contributed by atoms with van der Waals surface area (Å²) in [4.78, 5) is 28.4. The third kappa shape index (κ3) is 3.66. The maximum absolute atomic E-state index is 14.5. The van der Waals surface area contributed by atoms with E-state index in [2.05, 4.69) is 15.0 Å². The molecule has 1 fully saturated rings. The molecule has 0 bridgehead atoms. The second-order valence-electron chi connectivity index (χ2n) is 5.62. The van der Waals surface area contributed by atoms with Gasteiger partial charge in [-0.3, -0.25) is 4.90 Å². The first-order chi connectivity index (χ1) is 12.5. The number of halogens is 1. The van der Waals surface area contributed by atoms with Crippen molar-refractivity contribution in [3.8, 4) is 11.1 Å². The average molecular weight is 360 g/mol. The molecule has 1 saturated heterocycles. The number of aromatic nitrogens is 1. The van der Waals surface area contributed by atoms with Gasteiger partial charge in [0.15, 0.2) is 0 Å². The Bertz CT molecular complexity index is 828. The number of cyclic esters (lactones) is 1. The van der Waals surface area contributed by atoms with Gasteiger partial charge in [0.05, 0.1) is 25.9 Å². The molecule has 0 aliphatic carbocycles. The van der Waals surface area contributed by atoms with Crippen molar-refractivity contribution in [2.75, 3.05) is 30.8 Å². The zero-order valence-electron chi connectivity index (χ0n) is 13.9. The summed E-state index contributed by atoms with van der Waals surface area (Å²) in [6, 6.07) is 7.68. The quantitative estimate of drug-likeness (QED) is 0.865. The number of ether oxygens (including phenoxy) is 2. The molecule has 1 aliphatic heterocycles. The van der Waals surface area contributed by atoms with E-state index in [4.69, 9.17) is 10.5 Å². The second kappa shape index (κ2) is 7.26. The number of benzene rings is 1. The van der Waals surface area contributed by atoms with Gasteiger partial charge in [0.1, 0.15) is 17.7 Å². The summed E-state index contributed by atoms with van der Waals surface area (Å²) in [5.41, 5.74) is 6.82. The third-order valence-electron chi connectivity index (χ3n) is 3.90. The minimum atomic E-state index is -0.619. The zero-order chi connectivity index (χ0) is 18.7. The van der Waals surface area contributed by atoms with Crippen LogP contribution < -0.4 is 16.0 Å². The molecule has 1 aromatic heterocycles. The lowest BCUT2D eigenvalue weighted by atomic mass is 10.1. The fourth-order valence-electron chi connectivity index (χ4n) is 2.58. The standard InChI is InChI=1S/C17H17FN4O4/c1-25-16(23)21-8-12-9-22(17(24)26-12)11-3-4-13(14(18)6-11)10-2-5-15(19)20-7-10/h2-7,12H,8-9H2,1H3,(H2,19,20)(H,21,23)/t12-/m0/s1. The van der Waals surface area contributed by atoms with Crippen LogP contribution in [-0.4, -0.2) is 43.5 Å². The predicted octanol–water partition coefficient (Wildman–Crippen LogP) is 2.15. The highest BCUT2D eigenvalue weighted by Gasteiger charge is 2.33. The van der Waals surface area contributed by atoms with E-state index < -0.39 is 24.1 Å². The van der Waals surface area contributed by atoms with Crippen LogP contribution in [0.3, 0.4) is 0 Å². The van der Waals surface area contributed by atoms with Gasteiger partial charge in [-0.25, -0.2) is 19.0 Å². The van der Waals surface area contributed by atoms with Gasteiger partial charge in [-0.15, -0.1) is 0 Å². The van der Waals surface area contributed by atoms with Gasteiger partial charge in [-0.1, -0.05) is 0 Å². The van der Waals surface area contributed by atoms with Crippen molar-refractivity contribution in [1.82, 2.24) is 10.3 Å². The number of alkyl carbamates (subject to hydrolysis) is 1. The van der Waals surface area contributed by atoms with E-state index in [1.807, 2.05) is 0 Å². The molecule has 3 rings (SSSR count). The highest BCUT2D eigenvalue weighted by atomic mass is 19.1. The molecule has 8 nitrogen and oxygen atoms in total. The lowest BCUT2D eigenvalue weighted by Crippen LogP contribution is -2.34. The number of pyridine rings is 1. The summed E-state index contributed by atoms with van der Waals surface area (Å²) < 4.78 is 24.1. The molecule has 9 heteroatoms. The number of rotatable bonds is 4. The van der Waals surface area contributed by atoms with E-state index in [0.29, 0.717) is 22.6 Å². The number of carbonyl (C=O) groups excluding carboxylic acids is 2. The summed E-state index contributed by atoms with van der Waals surface area (Å²) in [6.45, 7) is 0.289. The molecular weight excluding hydrogens is 343 g/mol. The van der Waals surface area contributed by atoms with Crippen LogP contribution in [0.15, 0.2) is 36.5 Å². The van der Waals surface area contributed by atoms with Gasteiger partial charge in [-0.2, -0.15) is 0 Å². The van der Waals surface area contributed by atoms with Crippen molar-refractivity contribution < 1.29 is 23.5 Å². The van der Waals surface area contributed by atoms with Crippen molar-refractivity contribution in [2.45, 2.75) is 6.10 Å². The molecular formula is C17H17FN4O4. The number of carbonyl (C=O) groups is 2. The number of anilines is 2. The summed E-state index contributed by atoms with van der Waals surface area (Å²) in [7, 11) is 1.24. The van der Waals surface area contributed by atoms with Crippen molar-refractivity contribution in [3.05, 3.63) is 42.3 Å². The Morgan fingerprint density at radius 3 is 2.92 bits per heavy atom. The number of nitrogens with one attached hydrogen (secondary N) is 1. The van der Waals surface area contributed by atoms with Gasteiger partial charge < -0.3 is 20.5 Å². The fourth-order valence-corrected chi connectivity index (χ4v) is 2.58. The monoisotopic (exact) mass is 360 g/mol. The van der Waals surface area contributed by atoms with Crippen LogP contribution in [0.25, 0.3) is 11.1 Å².